The molecule has 86 valence electrons. The summed E-state index contributed by atoms with van der Waals surface area (Å²) in [5, 5.41) is 4.16. The summed E-state index contributed by atoms with van der Waals surface area (Å²) in [5.74, 6) is 0. The van der Waals surface area contributed by atoms with Gasteiger partial charge in [0.15, 0.2) is 0 Å². The minimum Gasteiger partial charge on any atom is -0.396 e. The summed E-state index contributed by atoms with van der Waals surface area (Å²) in [5.41, 5.74) is 6.33. The van der Waals surface area contributed by atoms with Gasteiger partial charge in [-0.2, -0.15) is 5.10 Å². The van der Waals surface area contributed by atoms with Crippen molar-refractivity contribution in [1.29, 1.82) is 0 Å². The third kappa shape index (κ3) is 3.91. The molecule has 2 N–H and O–H groups in total. The van der Waals surface area contributed by atoms with Crippen LogP contribution < -0.4 is 5.73 Å². The lowest BCUT2D eigenvalue weighted by atomic mass is 10.2. The molecule has 1 aromatic heterocycles. The van der Waals surface area contributed by atoms with Gasteiger partial charge in [0, 0.05) is 18.8 Å². The van der Waals surface area contributed by atoms with Crippen LogP contribution in [0.4, 0.5) is 5.69 Å². The van der Waals surface area contributed by atoms with E-state index in [0.717, 1.165) is 18.8 Å². The van der Waals surface area contributed by atoms with Crippen LogP contribution in [-0.2, 0) is 6.54 Å². The molecule has 4 heteroatoms. The van der Waals surface area contributed by atoms with Crippen molar-refractivity contribution in [2.75, 3.05) is 19.3 Å². The first-order valence-corrected chi connectivity index (χ1v) is 5.61. The molecule has 1 unspecified atom stereocenters. The Kier molecular flexibility index (Phi) is 4.62. The average Bonchev–Trinajstić information content (AvgIpc) is 2.61. The lowest BCUT2D eigenvalue weighted by Gasteiger charge is -2.24. The summed E-state index contributed by atoms with van der Waals surface area (Å²) in [4.78, 5) is 2.36. The molecular formula is C11H22N4. The van der Waals surface area contributed by atoms with Gasteiger partial charge >= 0.3 is 0 Å². The van der Waals surface area contributed by atoms with Gasteiger partial charge in [-0.05, 0) is 20.4 Å². The molecule has 0 aliphatic heterocycles. The van der Waals surface area contributed by atoms with Gasteiger partial charge in [-0.15, -0.1) is 0 Å². The molecule has 15 heavy (non-hydrogen) atoms. The third-order valence-corrected chi connectivity index (χ3v) is 2.79. The van der Waals surface area contributed by atoms with Gasteiger partial charge in [0.2, 0.25) is 0 Å². The summed E-state index contributed by atoms with van der Waals surface area (Å²) >= 11 is 0. The smallest absolute Gasteiger partial charge is 0.0719 e. The van der Waals surface area contributed by atoms with Crippen LogP contribution in [0.2, 0.25) is 0 Å². The fourth-order valence-electron chi connectivity index (χ4n) is 1.62. The molecule has 0 fully saturated rings. The summed E-state index contributed by atoms with van der Waals surface area (Å²) in [7, 11) is 2.16. The standard InChI is InChI=1S/C11H22N4/c1-4-5-10(2)14(3)6-7-15-9-11(12)8-13-15/h8-10H,4-7,12H2,1-3H3. The first-order valence-electron chi connectivity index (χ1n) is 5.61. The van der Waals surface area contributed by atoms with Crippen LogP contribution in [-0.4, -0.2) is 34.3 Å². The number of nitrogens with two attached hydrogens (primary N) is 1. The number of aromatic nitrogens is 2. The molecule has 0 aliphatic rings. The lowest BCUT2D eigenvalue weighted by Crippen LogP contribution is -2.32. The van der Waals surface area contributed by atoms with Crippen LogP contribution in [0.5, 0.6) is 0 Å². The van der Waals surface area contributed by atoms with E-state index in [1.807, 2.05) is 10.9 Å². The number of nitrogen functional groups attached to an aromatic ring is 1. The Morgan fingerprint density at radius 2 is 2.33 bits per heavy atom. The average molecular weight is 210 g/mol. The molecule has 0 radical (unpaired) electrons. The monoisotopic (exact) mass is 210 g/mol. The van der Waals surface area contributed by atoms with Gasteiger partial charge in [0.1, 0.15) is 0 Å². The zero-order chi connectivity index (χ0) is 11.3. The van der Waals surface area contributed by atoms with Crippen LogP contribution in [0.25, 0.3) is 0 Å². The van der Waals surface area contributed by atoms with E-state index in [0.29, 0.717) is 6.04 Å². The molecule has 1 heterocycles. The number of nitrogens with zero attached hydrogens (tertiary/aromatic N) is 3. The summed E-state index contributed by atoms with van der Waals surface area (Å²) < 4.78 is 1.89. The SMILES string of the molecule is CCCC(C)N(C)CCn1cc(N)cn1. The van der Waals surface area contributed by atoms with E-state index in [4.69, 9.17) is 5.73 Å². The molecule has 1 aromatic rings. The van der Waals surface area contributed by atoms with Crippen molar-refractivity contribution in [2.45, 2.75) is 39.3 Å². The molecule has 4 nitrogen and oxygen atoms in total. The highest BCUT2D eigenvalue weighted by molar-refractivity contribution is 5.30. The molecule has 0 saturated carbocycles. The Balaban J connectivity index is 2.30. The first kappa shape index (κ1) is 12.0. The Hall–Kier alpha value is -1.03. The Morgan fingerprint density at radius 3 is 2.87 bits per heavy atom. The summed E-state index contributed by atoms with van der Waals surface area (Å²) in [6.07, 6.45) is 6.05. The van der Waals surface area contributed by atoms with Crippen molar-refractivity contribution in [3.8, 4) is 0 Å². The van der Waals surface area contributed by atoms with Gasteiger partial charge in [0.05, 0.1) is 18.4 Å². The van der Waals surface area contributed by atoms with Crippen molar-refractivity contribution in [1.82, 2.24) is 14.7 Å². The van der Waals surface area contributed by atoms with Gasteiger partial charge in [-0.1, -0.05) is 13.3 Å². The second kappa shape index (κ2) is 5.75. The maximum Gasteiger partial charge on any atom is 0.0719 e. The lowest BCUT2D eigenvalue weighted by molar-refractivity contribution is 0.232. The molecule has 0 saturated heterocycles. The normalized spacial score (nSPS) is 13.3. The number of rotatable bonds is 6. The molecule has 1 atom stereocenters. The molecular weight excluding hydrogens is 188 g/mol. The van der Waals surface area contributed by atoms with Gasteiger partial charge in [-0.3, -0.25) is 4.68 Å². The second-order valence-corrected chi connectivity index (χ2v) is 4.16. The van der Waals surface area contributed by atoms with Crippen molar-refractivity contribution >= 4 is 5.69 Å². The maximum absolute atomic E-state index is 5.60. The van der Waals surface area contributed by atoms with Crippen LogP contribution in [0.3, 0.4) is 0 Å². The minimum atomic E-state index is 0.642. The Labute approximate surface area is 92.1 Å². The van der Waals surface area contributed by atoms with E-state index < -0.39 is 0 Å². The molecule has 0 spiro atoms. The third-order valence-electron chi connectivity index (χ3n) is 2.79. The topological polar surface area (TPSA) is 47.1 Å². The van der Waals surface area contributed by atoms with E-state index in [2.05, 4.69) is 30.9 Å². The van der Waals surface area contributed by atoms with Gasteiger partial charge in [0.25, 0.3) is 0 Å². The largest absolute Gasteiger partial charge is 0.396 e. The molecule has 0 aliphatic carbocycles. The minimum absolute atomic E-state index is 0.642. The van der Waals surface area contributed by atoms with Gasteiger partial charge < -0.3 is 10.6 Å². The van der Waals surface area contributed by atoms with E-state index in [-0.39, 0.29) is 0 Å². The first-order chi connectivity index (χ1) is 7.13. The summed E-state index contributed by atoms with van der Waals surface area (Å²) in [6, 6.07) is 0.642. The highest BCUT2D eigenvalue weighted by Gasteiger charge is 2.07. The van der Waals surface area contributed by atoms with Crippen LogP contribution in [0, 0.1) is 0 Å². The number of hydrogen-bond acceptors (Lipinski definition) is 3. The van der Waals surface area contributed by atoms with Gasteiger partial charge in [-0.25, -0.2) is 0 Å². The quantitative estimate of drug-likeness (QED) is 0.775. The highest BCUT2D eigenvalue weighted by atomic mass is 15.3. The van der Waals surface area contributed by atoms with Crippen LogP contribution in [0.1, 0.15) is 26.7 Å². The molecule has 0 aromatic carbocycles. The van der Waals surface area contributed by atoms with E-state index in [1.54, 1.807) is 6.20 Å². The van der Waals surface area contributed by atoms with E-state index in [9.17, 15) is 0 Å². The predicted molar refractivity (Wildman–Crippen MR) is 63.6 cm³/mol. The second-order valence-electron chi connectivity index (χ2n) is 4.16. The van der Waals surface area contributed by atoms with E-state index >= 15 is 0 Å². The molecule has 0 bridgehead atoms. The zero-order valence-corrected chi connectivity index (χ0v) is 9.98. The Bertz CT molecular complexity index is 282. The highest BCUT2D eigenvalue weighted by Crippen LogP contribution is 2.04. The number of anilines is 1. The fraction of sp³-hybridized carbons (Fsp3) is 0.727. The van der Waals surface area contributed by atoms with Crippen LogP contribution >= 0.6 is 0 Å². The number of likely N-dealkylation sites (N-methyl/N-ethyl adjacent to an activating group) is 1. The van der Waals surface area contributed by atoms with Crippen molar-refractivity contribution in [2.24, 2.45) is 0 Å². The fourth-order valence-corrected chi connectivity index (χ4v) is 1.62. The predicted octanol–water partition coefficient (Wildman–Crippen LogP) is 1.59. The summed E-state index contributed by atoms with van der Waals surface area (Å²) in [6.45, 7) is 6.41. The van der Waals surface area contributed by atoms with Crippen molar-refractivity contribution < 1.29 is 0 Å². The molecule has 0 amide bonds. The maximum atomic E-state index is 5.60. The van der Waals surface area contributed by atoms with Crippen molar-refractivity contribution in [3.05, 3.63) is 12.4 Å². The number of hydrogen-bond donors (Lipinski definition) is 1. The van der Waals surface area contributed by atoms with E-state index in [1.165, 1.54) is 12.8 Å². The Morgan fingerprint density at radius 1 is 1.60 bits per heavy atom. The van der Waals surface area contributed by atoms with Crippen LogP contribution in [0.15, 0.2) is 12.4 Å². The zero-order valence-electron chi connectivity index (χ0n) is 9.98. The van der Waals surface area contributed by atoms with Crippen molar-refractivity contribution in [3.63, 3.8) is 0 Å². The molecule has 1 rings (SSSR count).